The summed E-state index contributed by atoms with van der Waals surface area (Å²) in [5, 5.41) is 0. The predicted molar refractivity (Wildman–Crippen MR) is 95.4 cm³/mol. The van der Waals surface area contributed by atoms with Gasteiger partial charge in [-0.25, -0.2) is 8.78 Å². The summed E-state index contributed by atoms with van der Waals surface area (Å²) < 4.78 is 63.1. The van der Waals surface area contributed by atoms with Crippen LogP contribution in [0.25, 0.3) is 10.2 Å². The Bertz CT molecular complexity index is 1090. The normalized spacial score (nSPS) is 12.8. The summed E-state index contributed by atoms with van der Waals surface area (Å²) in [6, 6.07) is 8.66. The Kier molecular flexibility index (Phi) is 5.49. The molecule has 26 heavy (non-hydrogen) atoms. The van der Waals surface area contributed by atoms with E-state index in [4.69, 9.17) is 4.74 Å². The fourth-order valence-electron chi connectivity index (χ4n) is 2.40. The number of hydrogen-bond donors (Lipinski definition) is 0. The number of rotatable bonds is 6. The molecule has 0 fully saturated rings. The highest BCUT2D eigenvalue weighted by atomic mass is 32.2. The van der Waals surface area contributed by atoms with Crippen LogP contribution in [-0.4, -0.2) is 26.2 Å². The van der Waals surface area contributed by atoms with Gasteiger partial charge in [-0.15, -0.1) is 4.40 Å². The van der Waals surface area contributed by atoms with Gasteiger partial charge < -0.3 is 9.30 Å². The summed E-state index contributed by atoms with van der Waals surface area (Å²) in [5.41, 5.74) is 0.671. The molecule has 0 spiro atoms. The van der Waals surface area contributed by atoms with Gasteiger partial charge in [0.2, 0.25) is 4.80 Å². The Balaban J connectivity index is 2.14. The van der Waals surface area contributed by atoms with Gasteiger partial charge in [0.25, 0.3) is 10.0 Å². The van der Waals surface area contributed by atoms with E-state index in [9.17, 15) is 17.2 Å². The highest BCUT2D eigenvalue weighted by molar-refractivity contribution is 7.90. The molecular weight excluding hydrogens is 382 g/mol. The molecule has 0 aliphatic rings. The van der Waals surface area contributed by atoms with Crippen molar-refractivity contribution < 1.29 is 21.9 Å². The van der Waals surface area contributed by atoms with Gasteiger partial charge in [-0.3, -0.25) is 0 Å². The lowest BCUT2D eigenvalue weighted by Gasteiger charge is -2.05. The van der Waals surface area contributed by atoms with Crippen LogP contribution in [0.15, 0.2) is 51.8 Å². The molecule has 0 N–H and O–H groups in total. The van der Waals surface area contributed by atoms with Crippen LogP contribution in [0.2, 0.25) is 0 Å². The summed E-state index contributed by atoms with van der Waals surface area (Å²) in [4.78, 5) is 0.0912. The molecule has 3 rings (SSSR count). The quantitative estimate of drug-likeness (QED) is 0.599. The molecule has 0 saturated carbocycles. The lowest BCUT2D eigenvalue weighted by atomic mass is 10.3. The summed E-state index contributed by atoms with van der Waals surface area (Å²) in [6.45, 7) is 3.12. The van der Waals surface area contributed by atoms with Crippen LogP contribution in [0.3, 0.4) is 0 Å². The molecule has 0 saturated heterocycles. The van der Waals surface area contributed by atoms with Crippen LogP contribution >= 0.6 is 11.3 Å². The first-order valence-electron chi connectivity index (χ1n) is 7.84. The van der Waals surface area contributed by atoms with Gasteiger partial charge in [0.05, 0.1) is 21.7 Å². The SMILES string of the molecule is CCOCCn1c(=NS(=O)(=O)c2ccc(F)cc2)sc2cc(F)ccc21. The zero-order valence-corrected chi connectivity index (χ0v) is 15.5. The molecule has 138 valence electrons. The number of benzene rings is 2. The first-order valence-corrected chi connectivity index (χ1v) is 10.1. The zero-order chi connectivity index (χ0) is 18.7. The number of thiazole rings is 1. The molecule has 1 aromatic heterocycles. The first-order chi connectivity index (χ1) is 12.4. The van der Waals surface area contributed by atoms with Crippen molar-refractivity contribution in [2.45, 2.75) is 18.4 Å². The topological polar surface area (TPSA) is 60.7 Å². The van der Waals surface area contributed by atoms with Crippen molar-refractivity contribution in [3.05, 3.63) is 58.9 Å². The van der Waals surface area contributed by atoms with E-state index >= 15 is 0 Å². The van der Waals surface area contributed by atoms with E-state index in [2.05, 4.69) is 4.40 Å². The van der Waals surface area contributed by atoms with Crippen molar-refractivity contribution in [3.63, 3.8) is 0 Å². The maximum absolute atomic E-state index is 13.5. The maximum atomic E-state index is 13.5. The Morgan fingerprint density at radius 3 is 2.50 bits per heavy atom. The highest BCUT2D eigenvalue weighted by Crippen LogP contribution is 2.20. The van der Waals surface area contributed by atoms with E-state index in [-0.39, 0.29) is 9.70 Å². The third-order valence-electron chi connectivity index (χ3n) is 3.62. The van der Waals surface area contributed by atoms with E-state index in [1.54, 1.807) is 10.6 Å². The summed E-state index contributed by atoms with van der Waals surface area (Å²) in [6.07, 6.45) is 0. The molecule has 5 nitrogen and oxygen atoms in total. The molecule has 9 heteroatoms. The molecule has 3 aromatic rings. The molecule has 2 aromatic carbocycles. The van der Waals surface area contributed by atoms with Crippen LogP contribution in [-0.2, 0) is 21.3 Å². The first kappa shape index (κ1) is 18.7. The van der Waals surface area contributed by atoms with Gasteiger partial charge in [0, 0.05) is 13.2 Å². The second kappa shape index (κ2) is 7.65. The third kappa shape index (κ3) is 4.00. The van der Waals surface area contributed by atoms with E-state index < -0.39 is 21.7 Å². The van der Waals surface area contributed by atoms with E-state index in [0.29, 0.717) is 30.0 Å². The number of halogens is 2. The number of aromatic nitrogens is 1. The second-order valence-electron chi connectivity index (χ2n) is 5.37. The Labute approximate surface area is 153 Å². The smallest absolute Gasteiger partial charge is 0.285 e. The Morgan fingerprint density at radius 1 is 1.12 bits per heavy atom. The Morgan fingerprint density at radius 2 is 1.81 bits per heavy atom. The van der Waals surface area contributed by atoms with Crippen LogP contribution in [0.1, 0.15) is 6.92 Å². The minimum absolute atomic E-state index is 0.112. The maximum Gasteiger partial charge on any atom is 0.285 e. The molecule has 0 unspecified atom stereocenters. The number of hydrogen-bond acceptors (Lipinski definition) is 4. The summed E-state index contributed by atoms with van der Waals surface area (Å²) in [7, 11) is -4.03. The lowest BCUT2D eigenvalue weighted by molar-refractivity contribution is 0.139. The van der Waals surface area contributed by atoms with Crippen molar-refractivity contribution in [1.82, 2.24) is 4.57 Å². The molecule has 0 aliphatic carbocycles. The molecule has 1 heterocycles. The highest BCUT2D eigenvalue weighted by Gasteiger charge is 2.15. The fourth-order valence-corrected chi connectivity index (χ4v) is 4.68. The lowest BCUT2D eigenvalue weighted by Crippen LogP contribution is -2.19. The van der Waals surface area contributed by atoms with Crippen LogP contribution in [0.5, 0.6) is 0 Å². The molecule has 0 amide bonds. The van der Waals surface area contributed by atoms with Gasteiger partial charge in [0.15, 0.2) is 0 Å². The van der Waals surface area contributed by atoms with Gasteiger partial charge in [-0.05, 0) is 49.4 Å². The van der Waals surface area contributed by atoms with Crippen molar-refractivity contribution in [3.8, 4) is 0 Å². The average Bonchev–Trinajstić information content (AvgIpc) is 2.91. The second-order valence-corrected chi connectivity index (χ2v) is 7.98. The standard InChI is InChI=1S/C17H16F2N2O3S2/c1-2-24-10-9-21-15-8-5-13(19)11-16(15)25-17(21)20-26(22,23)14-6-3-12(18)4-7-14/h3-8,11H,2,9-10H2,1H3. The van der Waals surface area contributed by atoms with E-state index in [0.717, 1.165) is 35.6 Å². The van der Waals surface area contributed by atoms with Crippen LogP contribution < -0.4 is 4.80 Å². The Hall–Kier alpha value is -2.10. The van der Waals surface area contributed by atoms with E-state index in [1.807, 2.05) is 6.92 Å². The minimum atomic E-state index is -4.03. The molecule has 0 radical (unpaired) electrons. The van der Waals surface area contributed by atoms with Crippen molar-refractivity contribution in [2.75, 3.05) is 13.2 Å². The third-order valence-corrected chi connectivity index (χ3v) is 6.06. The molecule has 0 atom stereocenters. The minimum Gasteiger partial charge on any atom is -0.380 e. The van der Waals surface area contributed by atoms with Crippen molar-refractivity contribution in [1.29, 1.82) is 0 Å². The van der Waals surface area contributed by atoms with Crippen molar-refractivity contribution in [2.24, 2.45) is 4.40 Å². The number of nitrogens with zero attached hydrogens (tertiary/aromatic N) is 2. The molecule has 0 bridgehead atoms. The number of ether oxygens (including phenoxy) is 1. The van der Waals surface area contributed by atoms with Gasteiger partial charge in [-0.2, -0.15) is 8.42 Å². The van der Waals surface area contributed by atoms with E-state index in [1.165, 1.54) is 12.1 Å². The average molecular weight is 398 g/mol. The van der Waals surface area contributed by atoms with Crippen LogP contribution in [0, 0.1) is 11.6 Å². The van der Waals surface area contributed by atoms with Gasteiger partial charge in [-0.1, -0.05) is 11.3 Å². The van der Waals surface area contributed by atoms with Crippen LogP contribution in [0.4, 0.5) is 8.78 Å². The summed E-state index contributed by atoms with van der Waals surface area (Å²) in [5.74, 6) is -0.947. The summed E-state index contributed by atoms with van der Waals surface area (Å²) >= 11 is 1.07. The molecular formula is C17H16F2N2O3S2. The largest absolute Gasteiger partial charge is 0.380 e. The monoisotopic (exact) mass is 398 g/mol. The van der Waals surface area contributed by atoms with Gasteiger partial charge in [0.1, 0.15) is 11.6 Å². The number of sulfonamides is 1. The molecule has 0 aliphatic heterocycles. The van der Waals surface area contributed by atoms with Gasteiger partial charge >= 0.3 is 0 Å². The van der Waals surface area contributed by atoms with Crippen molar-refractivity contribution >= 4 is 31.6 Å². The fraction of sp³-hybridized carbons (Fsp3) is 0.235. The number of fused-ring (bicyclic) bond motifs is 1. The zero-order valence-electron chi connectivity index (χ0n) is 13.9. The predicted octanol–water partition coefficient (Wildman–Crippen LogP) is 3.31.